The van der Waals surface area contributed by atoms with E-state index in [4.69, 9.17) is 10.5 Å². The zero-order valence-electron chi connectivity index (χ0n) is 11.9. The van der Waals surface area contributed by atoms with Gasteiger partial charge in [0.1, 0.15) is 12.4 Å². The van der Waals surface area contributed by atoms with Crippen LogP contribution in [0.25, 0.3) is 0 Å². The molecule has 2 rings (SSSR count). The number of ether oxygens (including phenoxy) is 1. The van der Waals surface area contributed by atoms with Gasteiger partial charge in [0.2, 0.25) is 0 Å². The van der Waals surface area contributed by atoms with Gasteiger partial charge >= 0.3 is 0 Å². The van der Waals surface area contributed by atoms with Crippen molar-refractivity contribution in [2.45, 2.75) is 26.4 Å². The third kappa shape index (κ3) is 4.12. The zero-order chi connectivity index (χ0) is 14.5. The number of halogens is 1. The maximum atomic E-state index is 6.14. The highest BCUT2D eigenvalue weighted by Crippen LogP contribution is 2.19. The molecule has 0 amide bonds. The van der Waals surface area contributed by atoms with Gasteiger partial charge in [-0.1, -0.05) is 35.8 Å². The molecule has 4 heteroatoms. The second kappa shape index (κ2) is 6.95. The normalized spacial score (nSPS) is 12.7. The topological polar surface area (TPSA) is 40.2 Å². The lowest BCUT2D eigenvalue weighted by Gasteiger charge is -2.13. The lowest BCUT2D eigenvalue weighted by Crippen LogP contribution is -2.16. The fourth-order valence-corrected chi connectivity index (χ4v) is 2.38. The summed E-state index contributed by atoms with van der Waals surface area (Å²) in [4.78, 5) is 0. The molecular weight excluding hydrogens is 316 g/mol. The van der Waals surface area contributed by atoms with E-state index in [2.05, 4.69) is 52.8 Å². The van der Waals surface area contributed by atoms with Gasteiger partial charge in [-0.2, -0.15) is 0 Å². The summed E-state index contributed by atoms with van der Waals surface area (Å²) in [6, 6.07) is 10.1. The second-order valence-electron chi connectivity index (χ2n) is 5.26. The number of hydrogen-bond acceptors (Lipinski definition) is 2. The summed E-state index contributed by atoms with van der Waals surface area (Å²) in [5.41, 5.74) is 7.32. The Kier molecular flexibility index (Phi) is 5.26. The van der Waals surface area contributed by atoms with Gasteiger partial charge < -0.3 is 15.0 Å². The minimum absolute atomic E-state index is 0.0993. The SMILES string of the molecule is CC(C)C(N)c1ccn(CCOc2cccc(Br)c2)c1. The van der Waals surface area contributed by atoms with E-state index in [9.17, 15) is 0 Å². The van der Waals surface area contributed by atoms with Crippen molar-refractivity contribution in [1.82, 2.24) is 4.57 Å². The Morgan fingerprint density at radius 3 is 2.80 bits per heavy atom. The summed E-state index contributed by atoms with van der Waals surface area (Å²) in [6.07, 6.45) is 4.16. The Labute approximate surface area is 128 Å². The van der Waals surface area contributed by atoms with Gasteiger partial charge in [-0.3, -0.25) is 0 Å². The molecule has 2 aromatic rings. The molecule has 0 aliphatic rings. The predicted octanol–water partition coefficient (Wildman–Crippen LogP) is 3.99. The summed E-state index contributed by atoms with van der Waals surface area (Å²) >= 11 is 3.43. The molecule has 1 unspecified atom stereocenters. The number of aromatic nitrogens is 1. The average molecular weight is 337 g/mol. The largest absolute Gasteiger partial charge is 0.492 e. The second-order valence-corrected chi connectivity index (χ2v) is 6.17. The smallest absolute Gasteiger partial charge is 0.120 e. The fourth-order valence-electron chi connectivity index (χ4n) is 2.01. The molecule has 0 saturated carbocycles. The molecule has 0 bridgehead atoms. The van der Waals surface area contributed by atoms with Crippen LogP contribution in [0.15, 0.2) is 47.2 Å². The highest BCUT2D eigenvalue weighted by atomic mass is 79.9. The van der Waals surface area contributed by atoms with Crippen LogP contribution in [0.4, 0.5) is 0 Å². The van der Waals surface area contributed by atoms with Crippen LogP contribution in [-0.2, 0) is 6.54 Å². The predicted molar refractivity (Wildman–Crippen MR) is 85.8 cm³/mol. The van der Waals surface area contributed by atoms with Crippen LogP contribution in [0, 0.1) is 5.92 Å². The van der Waals surface area contributed by atoms with Crippen LogP contribution in [-0.4, -0.2) is 11.2 Å². The summed E-state index contributed by atoms with van der Waals surface area (Å²) < 4.78 is 8.88. The number of nitrogens with zero attached hydrogens (tertiary/aromatic N) is 1. The standard InChI is InChI=1S/C16H21BrN2O/c1-12(2)16(18)13-6-7-19(11-13)8-9-20-15-5-3-4-14(17)10-15/h3-7,10-12,16H,8-9,18H2,1-2H3. The van der Waals surface area contributed by atoms with Crippen molar-refractivity contribution in [3.63, 3.8) is 0 Å². The third-order valence-electron chi connectivity index (χ3n) is 3.29. The van der Waals surface area contributed by atoms with Crippen LogP contribution in [0.2, 0.25) is 0 Å². The van der Waals surface area contributed by atoms with E-state index in [0.717, 1.165) is 16.8 Å². The Hall–Kier alpha value is -1.26. The average Bonchev–Trinajstić information content (AvgIpc) is 2.86. The van der Waals surface area contributed by atoms with Gasteiger partial charge in [-0.25, -0.2) is 0 Å². The molecule has 1 aromatic carbocycles. The molecule has 0 aliphatic heterocycles. The summed E-state index contributed by atoms with van der Waals surface area (Å²) in [5.74, 6) is 1.33. The van der Waals surface area contributed by atoms with Crippen molar-refractivity contribution < 1.29 is 4.74 Å². The maximum Gasteiger partial charge on any atom is 0.120 e. The number of rotatable bonds is 6. The van der Waals surface area contributed by atoms with Crippen molar-refractivity contribution in [2.24, 2.45) is 11.7 Å². The van der Waals surface area contributed by atoms with Crippen LogP contribution in [0.1, 0.15) is 25.5 Å². The minimum Gasteiger partial charge on any atom is -0.492 e. The lowest BCUT2D eigenvalue weighted by molar-refractivity contribution is 0.298. The first-order chi connectivity index (χ1) is 9.56. The van der Waals surface area contributed by atoms with Crippen LogP contribution < -0.4 is 10.5 Å². The number of hydrogen-bond donors (Lipinski definition) is 1. The molecule has 0 spiro atoms. The Bertz CT molecular complexity index is 551. The van der Waals surface area contributed by atoms with E-state index in [0.29, 0.717) is 12.5 Å². The molecule has 0 saturated heterocycles. The van der Waals surface area contributed by atoms with Gasteiger partial charge in [-0.05, 0) is 35.7 Å². The molecule has 3 nitrogen and oxygen atoms in total. The van der Waals surface area contributed by atoms with E-state index >= 15 is 0 Å². The Morgan fingerprint density at radius 2 is 2.10 bits per heavy atom. The van der Waals surface area contributed by atoms with Gasteiger partial charge in [0.05, 0.1) is 6.54 Å². The van der Waals surface area contributed by atoms with Crippen LogP contribution in [0.3, 0.4) is 0 Å². The monoisotopic (exact) mass is 336 g/mol. The first-order valence-corrected chi connectivity index (χ1v) is 7.65. The number of nitrogens with two attached hydrogens (primary N) is 1. The van der Waals surface area contributed by atoms with Crippen LogP contribution in [0.5, 0.6) is 5.75 Å². The molecule has 0 aliphatic carbocycles. The zero-order valence-corrected chi connectivity index (χ0v) is 13.5. The van der Waals surface area contributed by atoms with Crippen molar-refractivity contribution in [3.05, 3.63) is 52.8 Å². The first kappa shape index (κ1) is 15.1. The van der Waals surface area contributed by atoms with E-state index in [1.165, 1.54) is 5.56 Å². The molecule has 1 heterocycles. The van der Waals surface area contributed by atoms with Gasteiger partial charge in [0.25, 0.3) is 0 Å². The van der Waals surface area contributed by atoms with E-state index in [1.54, 1.807) is 0 Å². The van der Waals surface area contributed by atoms with Crippen molar-refractivity contribution in [2.75, 3.05) is 6.61 Å². The molecular formula is C16H21BrN2O. The third-order valence-corrected chi connectivity index (χ3v) is 3.78. The van der Waals surface area contributed by atoms with Crippen molar-refractivity contribution >= 4 is 15.9 Å². The van der Waals surface area contributed by atoms with Gasteiger partial charge in [0.15, 0.2) is 0 Å². The Balaban J connectivity index is 1.86. The first-order valence-electron chi connectivity index (χ1n) is 6.86. The van der Waals surface area contributed by atoms with E-state index in [1.807, 2.05) is 24.3 Å². The Morgan fingerprint density at radius 1 is 1.30 bits per heavy atom. The highest BCUT2D eigenvalue weighted by molar-refractivity contribution is 9.10. The summed E-state index contributed by atoms with van der Waals surface area (Å²) in [7, 11) is 0. The summed E-state index contributed by atoms with van der Waals surface area (Å²) in [5, 5.41) is 0. The quantitative estimate of drug-likeness (QED) is 0.866. The number of benzene rings is 1. The minimum atomic E-state index is 0.0993. The maximum absolute atomic E-state index is 6.14. The molecule has 108 valence electrons. The highest BCUT2D eigenvalue weighted by Gasteiger charge is 2.11. The molecule has 2 N–H and O–H groups in total. The fraction of sp³-hybridized carbons (Fsp3) is 0.375. The molecule has 20 heavy (non-hydrogen) atoms. The lowest BCUT2D eigenvalue weighted by atomic mass is 10.00. The molecule has 1 atom stereocenters. The molecule has 0 radical (unpaired) electrons. The van der Waals surface area contributed by atoms with Gasteiger partial charge in [-0.15, -0.1) is 0 Å². The van der Waals surface area contributed by atoms with Gasteiger partial charge in [0, 0.05) is 22.9 Å². The van der Waals surface area contributed by atoms with Crippen molar-refractivity contribution in [3.8, 4) is 5.75 Å². The van der Waals surface area contributed by atoms with E-state index in [-0.39, 0.29) is 6.04 Å². The molecule has 1 aromatic heterocycles. The molecule has 0 fully saturated rings. The van der Waals surface area contributed by atoms with Crippen molar-refractivity contribution in [1.29, 1.82) is 0 Å². The van der Waals surface area contributed by atoms with Crippen LogP contribution >= 0.6 is 15.9 Å². The summed E-state index contributed by atoms with van der Waals surface area (Å²) in [6.45, 7) is 5.73. The van der Waals surface area contributed by atoms with E-state index < -0.39 is 0 Å².